The summed E-state index contributed by atoms with van der Waals surface area (Å²) in [5.41, 5.74) is 0.321. The maximum absolute atomic E-state index is 12.1. The number of non-ortho nitro benzene ring substituents is 1. The fraction of sp³-hybridized carbons (Fsp3) is 0.143. The molecule has 1 aromatic rings. The Morgan fingerprint density at radius 1 is 1.18 bits per heavy atom. The van der Waals surface area contributed by atoms with E-state index in [0.29, 0.717) is 9.80 Å². The van der Waals surface area contributed by atoms with Gasteiger partial charge in [-0.1, -0.05) is 6.08 Å². The molecule has 8 heteroatoms. The topological polar surface area (TPSA) is 97.5 Å². The maximum atomic E-state index is 12.1. The fourth-order valence-electron chi connectivity index (χ4n) is 1.71. The molecule has 1 fully saturated rings. The van der Waals surface area contributed by atoms with Crippen molar-refractivity contribution in [1.29, 1.82) is 0 Å². The number of rotatable bonds is 5. The molecule has 0 unspecified atom stereocenters. The molecule has 0 amide bonds. The van der Waals surface area contributed by atoms with Crippen LogP contribution in [0.4, 0.5) is 5.69 Å². The van der Waals surface area contributed by atoms with Crippen molar-refractivity contribution in [3.63, 3.8) is 0 Å². The Morgan fingerprint density at radius 3 is 2.27 bits per heavy atom. The Balaban J connectivity index is 2.17. The molecule has 1 aliphatic heterocycles. The lowest BCUT2D eigenvalue weighted by Gasteiger charge is -2.01. The highest BCUT2D eigenvalue weighted by Crippen LogP contribution is 2.39. The summed E-state index contributed by atoms with van der Waals surface area (Å²) in [6.45, 7) is 0. The van der Waals surface area contributed by atoms with Crippen molar-refractivity contribution < 1.29 is 19.6 Å². The number of hydrogen-bond acceptors (Lipinski definition) is 6. The summed E-state index contributed by atoms with van der Waals surface area (Å²) in [7, 11) is 0. The van der Waals surface area contributed by atoms with Gasteiger partial charge in [0, 0.05) is 23.6 Å². The zero-order valence-corrected chi connectivity index (χ0v) is 12.9. The van der Waals surface area contributed by atoms with Crippen LogP contribution in [0.2, 0.25) is 0 Å². The number of thioether (sulfide) groups is 2. The van der Waals surface area contributed by atoms with E-state index in [-0.39, 0.29) is 11.3 Å². The van der Waals surface area contributed by atoms with Crippen LogP contribution in [-0.4, -0.2) is 33.3 Å². The van der Waals surface area contributed by atoms with Crippen LogP contribution in [0.25, 0.3) is 6.08 Å². The second kappa shape index (κ2) is 7.28. The van der Waals surface area contributed by atoms with Gasteiger partial charge in [0.05, 0.1) is 9.16 Å². The number of nitrogens with zero attached hydrogens (tertiary/aromatic N) is 1. The molecular formula is C14H11NO5S2. The molecule has 6 nitrogen and oxygen atoms in total. The standard InChI is InChI=1S/C14H11NO5S2/c16-11(12(13(17)18)14-21-7-8-22-14)6-3-9-1-4-10(5-2-9)15(19)20/h1-6H,7-8H2,(H,17,18)/b6-3+. The van der Waals surface area contributed by atoms with Crippen LogP contribution < -0.4 is 0 Å². The Morgan fingerprint density at radius 2 is 1.77 bits per heavy atom. The minimum Gasteiger partial charge on any atom is -0.477 e. The Labute approximate surface area is 134 Å². The minimum absolute atomic E-state index is 0.0458. The number of ketones is 1. The quantitative estimate of drug-likeness (QED) is 0.290. The fourth-order valence-corrected chi connectivity index (χ4v) is 4.25. The first-order valence-corrected chi connectivity index (χ1v) is 8.16. The number of allylic oxidation sites excluding steroid dienone is 1. The lowest BCUT2D eigenvalue weighted by Crippen LogP contribution is -2.11. The highest BCUT2D eigenvalue weighted by atomic mass is 32.2. The number of carbonyl (C=O) groups is 2. The van der Waals surface area contributed by atoms with E-state index < -0.39 is 16.7 Å². The number of nitro benzene ring substituents is 1. The summed E-state index contributed by atoms with van der Waals surface area (Å²) in [4.78, 5) is 33.3. The number of carboxylic acid groups (broad SMARTS) is 1. The largest absolute Gasteiger partial charge is 0.477 e. The van der Waals surface area contributed by atoms with Gasteiger partial charge in [-0.2, -0.15) is 0 Å². The van der Waals surface area contributed by atoms with Crippen LogP contribution in [-0.2, 0) is 9.59 Å². The Kier molecular flexibility index (Phi) is 5.40. The van der Waals surface area contributed by atoms with Gasteiger partial charge in [0.1, 0.15) is 5.57 Å². The van der Waals surface area contributed by atoms with Gasteiger partial charge in [0.2, 0.25) is 0 Å². The number of carbonyl (C=O) groups excluding carboxylic acids is 1. The lowest BCUT2D eigenvalue weighted by molar-refractivity contribution is -0.384. The molecule has 1 N–H and O–H groups in total. The molecule has 0 spiro atoms. The smallest absolute Gasteiger partial charge is 0.341 e. The number of carboxylic acids is 1. The van der Waals surface area contributed by atoms with Crippen LogP contribution in [0.3, 0.4) is 0 Å². The van der Waals surface area contributed by atoms with Crippen molar-refractivity contribution in [3.05, 3.63) is 55.8 Å². The van der Waals surface area contributed by atoms with Gasteiger partial charge in [0.15, 0.2) is 5.78 Å². The molecule has 0 aromatic heterocycles. The van der Waals surface area contributed by atoms with Gasteiger partial charge in [-0.25, -0.2) is 4.79 Å². The van der Waals surface area contributed by atoms with Crippen LogP contribution in [0, 0.1) is 10.1 Å². The van der Waals surface area contributed by atoms with Crippen molar-refractivity contribution in [2.75, 3.05) is 11.5 Å². The van der Waals surface area contributed by atoms with E-state index in [1.807, 2.05) is 0 Å². The second-order valence-electron chi connectivity index (χ2n) is 4.21. The van der Waals surface area contributed by atoms with Crippen molar-refractivity contribution in [2.24, 2.45) is 0 Å². The summed E-state index contributed by atoms with van der Waals surface area (Å²) >= 11 is 2.73. The lowest BCUT2D eigenvalue weighted by atomic mass is 10.1. The SMILES string of the molecule is O=C(O)C(C(=O)/C=C/c1ccc([N+](=O)[O-])cc1)=C1SCCS1. The number of benzene rings is 1. The number of nitro groups is 1. The third-order valence-electron chi connectivity index (χ3n) is 2.75. The average molecular weight is 337 g/mol. The molecule has 0 bridgehead atoms. The predicted octanol–water partition coefficient (Wildman–Crippen LogP) is 2.95. The zero-order chi connectivity index (χ0) is 16.1. The summed E-state index contributed by atoms with van der Waals surface area (Å²) in [5, 5.41) is 19.7. The van der Waals surface area contributed by atoms with Crippen LogP contribution in [0.5, 0.6) is 0 Å². The molecule has 0 radical (unpaired) electrons. The maximum Gasteiger partial charge on any atom is 0.341 e. The third-order valence-corrected chi connectivity index (χ3v) is 5.46. The summed E-state index contributed by atoms with van der Waals surface area (Å²) in [5.74, 6) is -0.246. The Hall–Kier alpha value is -2.06. The van der Waals surface area contributed by atoms with Gasteiger partial charge < -0.3 is 5.11 Å². The molecule has 22 heavy (non-hydrogen) atoms. The average Bonchev–Trinajstić information content (AvgIpc) is 2.99. The highest BCUT2D eigenvalue weighted by molar-refractivity contribution is 8.25. The first-order chi connectivity index (χ1) is 10.5. The van der Waals surface area contributed by atoms with Gasteiger partial charge in [0.25, 0.3) is 5.69 Å². The molecular weight excluding hydrogens is 326 g/mol. The minimum atomic E-state index is -1.24. The van der Waals surface area contributed by atoms with E-state index >= 15 is 0 Å². The second-order valence-corrected chi connectivity index (χ2v) is 6.68. The summed E-state index contributed by atoms with van der Waals surface area (Å²) < 4.78 is 0.533. The predicted molar refractivity (Wildman–Crippen MR) is 86.7 cm³/mol. The van der Waals surface area contributed by atoms with E-state index in [1.165, 1.54) is 59.9 Å². The molecule has 0 atom stereocenters. The van der Waals surface area contributed by atoms with E-state index in [0.717, 1.165) is 11.5 Å². The van der Waals surface area contributed by atoms with E-state index in [9.17, 15) is 24.8 Å². The number of hydrogen-bond donors (Lipinski definition) is 1. The Bertz CT molecular complexity index is 671. The summed E-state index contributed by atoms with van der Waals surface area (Å²) in [6.07, 6.45) is 2.62. The van der Waals surface area contributed by atoms with Crippen LogP contribution >= 0.6 is 23.5 Å². The van der Waals surface area contributed by atoms with E-state index in [2.05, 4.69) is 0 Å². The van der Waals surface area contributed by atoms with Gasteiger partial charge >= 0.3 is 5.97 Å². The molecule has 0 saturated carbocycles. The normalized spacial score (nSPS) is 14.3. The van der Waals surface area contributed by atoms with Gasteiger partial charge in [-0.3, -0.25) is 14.9 Å². The van der Waals surface area contributed by atoms with Crippen LogP contribution in [0.1, 0.15) is 5.56 Å². The van der Waals surface area contributed by atoms with Crippen molar-refractivity contribution in [2.45, 2.75) is 0 Å². The van der Waals surface area contributed by atoms with Crippen molar-refractivity contribution in [1.82, 2.24) is 0 Å². The first kappa shape index (κ1) is 16.3. The molecule has 1 aliphatic rings. The van der Waals surface area contributed by atoms with Crippen molar-refractivity contribution in [3.8, 4) is 0 Å². The van der Waals surface area contributed by atoms with Crippen molar-refractivity contribution >= 4 is 47.0 Å². The van der Waals surface area contributed by atoms with E-state index in [4.69, 9.17) is 0 Å². The first-order valence-electron chi connectivity index (χ1n) is 6.19. The molecule has 0 aliphatic carbocycles. The van der Waals surface area contributed by atoms with Crippen LogP contribution in [0.15, 0.2) is 40.2 Å². The summed E-state index contributed by atoms with van der Waals surface area (Å²) in [6, 6.07) is 5.63. The van der Waals surface area contributed by atoms with Gasteiger partial charge in [-0.15, -0.1) is 23.5 Å². The zero-order valence-electron chi connectivity index (χ0n) is 11.2. The third kappa shape index (κ3) is 3.99. The molecule has 2 rings (SSSR count). The number of aliphatic carboxylic acids is 1. The van der Waals surface area contributed by atoms with Gasteiger partial charge in [-0.05, 0) is 23.8 Å². The van der Waals surface area contributed by atoms with E-state index in [1.54, 1.807) is 0 Å². The molecule has 1 aromatic carbocycles. The monoisotopic (exact) mass is 337 g/mol. The molecule has 114 valence electrons. The molecule has 1 heterocycles. The molecule has 1 saturated heterocycles. The highest BCUT2D eigenvalue weighted by Gasteiger charge is 2.24.